The van der Waals surface area contributed by atoms with Crippen molar-refractivity contribution in [3.05, 3.63) is 0 Å². The Labute approximate surface area is 134 Å². The number of nitrogens with one attached hydrogen (secondary N) is 2. The van der Waals surface area contributed by atoms with Gasteiger partial charge in [-0.25, -0.2) is 0 Å². The zero-order valence-electron chi connectivity index (χ0n) is 13.7. The van der Waals surface area contributed by atoms with E-state index in [0.717, 1.165) is 18.5 Å². The molecule has 0 radical (unpaired) electrons. The Morgan fingerprint density at radius 3 is 2.52 bits per heavy atom. The van der Waals surface area contributed by atoms with Crippen LogP contribution in [0.1, 0.15) is 44.9 Å². The van der Waals surface area contributed by atoms with Crippen LogP contribution in [0.15, 0.2) is 4.99 Å². The van der Waals surface area contributed by atoms with Gasteiger partial charge in [-0.2, -0.15) is 11.8 Å². The molecule has 1 saturated carbocycles. The molecule has 4 nitrogen and oxygen atoms in total. The predicted molar refractivity (Wildman–Crippen MR) is 94.3 cm³/mol. The number of guanidine groups is 1. The molecule has 2 N–H and O–H groups in total. The summed E-state index contributed by atoms with van der Waals surface area (Å²) in [7, 11) is 1.87. The molecule has 0 bridgehead atoms. The van der Waals surface area contributed by atoms with E-state index in [1.807, 2.05) is 18.8 Å². The molecule has 0 atom stereocenters. The average molecular weight is 313 g/mol. The van der Waals surface area contributed by atoms with Crippen LogP contribution in [-0.2, 0) is 0 Å². The Morgan fingerprint density at radius 1 is 1.19 bits per heavy atom. The molecule has 0 unspecified atom stereocenters. The van der Waals surface area contributed by atoms with Crippen LogP contribution in [0.25, 0.3) is 0 Å². The minimum atomic E-state index is 0.592. The molecular weight excluding hydrogens is 280 g/mol. The van der Waals surface area contributed by atoms with Crippen LogP contribution in [0.5, 0.6) is 0 Å². The molecule has 5 heteroatoms. The lowest BCUT2D eigenvalue weighted by Crippen LogP contribution is -2.50. The van der Waals surface area contributed by atoms with Gasteiger partial charge in [-0.1, -0.05) is 12.8 Å². The van der Waals surface area contributed by atoms with Crippen molar-refractivity contribution < 1.29 is 0 Å². The summed E-state index contributed by atoms with van der Waals surface area (Å²) >= 11 is 1.90. The Balaban J connectivity index is 1.64. The molecule has 1 aliphatic heterocycles. The number of rotatable bonds is 6. The number of piperidine rings is 1. The van der Waals surface area contributed by atoms with Gasteiger partial charge in [-0.05, 0) is 44.1 Å². The summed E-state index contributed by atoms with van der Waals surface area (Å²) in [5.41, 5.74) is 0. The van der Waals surface area contributed by atoms with Gasteiger partial charge in [0.2, 0.25) is 0 Å². The lowest BCUT2D eigenvalue weighted by Gasteiger charge is -2.36. The highest BCUT2D eigenvalue weighted by Crippen LogP contribution is 2.26. The first-order chi connectivity index (χ1) is 10.3. The minimum Gasteiger partial charge on any atom is -0.356 e. The summed E-state index contributed by atoms with van der Waals surface area (Å²) in [6.45, 7) is 3.53. The zero-order valence-corrected chi connectivity index (χ0v) is 14.6. The van der Waals surface area contributed by atoms with Gasteiger partial charge in [0.1, 0.15) is 0 Å². The maximum atomic E-state index is 4.35. The van der Waals surface area contributed by atoms with Gasteiger partial charge in [-0.3, -0.25) is 4.99 Å². The molecule has 21 heavy (non-hydrogen) atoms. The summed E-state index contributed by atoms with van der Waals surface area (Å²) < 4.78 is 0. The minimum absolute atomic E-state index is 0.592. The van der Waals surface area contributed by atoms with Gasteiger partial charge >= 0.3 is 0 Å². The molecule has 0 aromatic rings. The molecule has 1 saturated heterocycles. The first-order valence-electron chi connectivity index (χ1n) is 8.53. The zero-order chi connectivity index (χ0) is 14.9. The van der Waals surface area contributed by atoms with Gasteiger partial charge in [0.05, 0.1) is 0 Å². The molecule has 1 aliphatic carbocycles. The third-order valence-corrected chi connectivity index (χ3v) is 5.45. The quantitative estimate of drug-likeness (QED) is 0.448. The molecule has 122 valence electrons. The molecule has 2 aliphatic rings. The Morgan fingerprint density at radius 2 is 1.90 bits per heavy atom. The SMILES string of the molecule is CN=C(NCCCSC)NC1CCN(C2CCCC2)CC1. The van der Waals surface area contributed by atoms with Crippen LogP contribution in [-0.4, -0.2) is 61.6 Å². The normalized spacial score (nSPS) is 22.7. The van der Waals surface area contributed by atoms with Crippen LogP contribution in [0.4, 0.5) is 0 Å². The fourth-order valence-electron chi connectivity index (χ4n) is 3.49. The maximum Gasteiger partial charge on any atom is 0.191 e. The predicted octanol–water partition coefficient (Wildman–Crippen LogP) is 2.31. The number of thioether (sulfide) groups is 1. The van der Waals surface area contributed by atoms with Gasteiger partial charge < -0.3 is 15.5 Å². The largest absolute Gasteiger partial charge is 0.356 e. The van der Waals surface area contributed by atoms with Crippen molar-refractivity contribution in [3.63, 3.8) is 0 Å². The second-order valence-electron chi connectivity index (χ2n) is 6.24. The van der Waals surface area contributed by atoms with Crippen molar-refractivity contribution in [2.24, 2.45) is 4.99 Å². The highest BCUT2D eigenvalue weighted by Gasteiger charge is 2.27. The second kappa shape index (κ2) is 9.57. The fraction of sp³-hybridized carbons (Fsp3) is 0.938. The lowest BCUT2D eigenvalue weighted by atomic mass is 10.0. The summed E-state index contributed by atoms with van der Waals surface area (Å²) in [4.78, 5) is 7.07. The maximum absolute atomic E-state index is 4.35. The van der Waals surface area contributed by atoms with Crippen molar-refractivity contribution in [1.82, 2.24) is 15.5 Å². The van der Waals surface area contributed by atoms with E-state index in [4.69, 9.17) is 0 Å². The van der Waals surface area contributed by atoms with Crippen LogP contribution in [0, 0.1) is 0 Å². The second-order valence-corrected chi connectivity index (χ2v) is 7.22. The smallest absolute Gasteiger partial charge is 0.191 e. The molecule has 0 spiro atoms. The van der Waals surface area contributed by atoms with Gasteiger partial charge in [0.25, 0.3) is 0 Å². The molecular formula is C16H32N4S. The van der Waals surface area contributed by atoms with E-state index in [0.29, 0.717) is 6.04 Å². The van der Waals surface area contributed by atoms with E-state index in [-0.39, 0.29) is 0 Å². The summed E-state index contributed by atoms with van der Waals surface area (Å²) in [5.74, 6) is 2.19. The molecule has 0 amide bonds. The molecule has 0 aromatic heterocycles. The third-order valence-electron chi connectivity index (χ3n) is 4.75. The molecule has 2 rings (SSSR count). The van der Waals surface area contributed by atoms with Crippen LogP contribution in [0.3, 0.4) is 0 Å². The standard InChI is InChI=1S/C16H32N4S/c1-17-16(18-10-5-13-21-2)19-14-8-11-20(12-9-14)15-6-3-4-7-15/h14-15H,3-13H2,1-2H3,(H2,17,18,19). The topological polar surface area (TPSA) is 39.7 Å². The van der Waals surface area contributed by atoms with Crippen LogP contribution >= 0.6 is 11.8 Å². The van der Waals surface area contributed by atoms with Crippen LogP contribution < -0.4 is 10.6 Å². The van der Waals surface area contributed by atoms with Gasteiger partial charge in [0, 0.05) is 38.8 Å². The number of aliphatic imine (C=N–C) groups is 1. The Bertz CT molecular complexity index is 307. The molecule has 0 aromatic carbocycles. The van der Waals surface area contributed by atoms with E-state index in [9.17, 15) is 0 Å². The summed E-state index contributed by atoms with van der Waals surface area (Å²) in [6, 6.07) is 1.48. The number of likely N-dealkylation sites (tertiary alicyclic amines) is 1. The summed E-state index contributed by atoms with van der Waals surface area (Å²) in [5, 5.41) is 7.03. The highest BCUT2D eigenvalue weighted by molar-refractivity contribution is 7.98. The number of nitrogens with zero attached hydrogens (tertiary/aromatic N) is 2. The van der Waals surface area contributed by atoms with E-state index in [2.05, 4.69) is 26.8 Å². The third kappa shape index (κ3) is 5.70. The summed E-state index contributed by atoms with van der Waals surface area (Å²) in [6.07, 6.45) is 11.6. The molecule has 2 fully saturated rings. The van der Waals surface area contributed by atoms with Gasteiger partial charge in [-0.15, -0.1) is 0 Å². The Kier molecular flexibility index (Phi) is 7.72. The fourth-order valence-corrected chi connectivity index (χ4v) is 3.92. The Hall–Kier alpha value is -0.420. The monoisotopic (exact) mass is 312 g/mol. The van der Waals surface area contributed by atoms with Crippen LogP contribution in [0.2, 0.25) is 0 Å². The van der Waals surface area contributed by atoms with E-state index < -0.39 is 0 Å². The number of hydrogen-bond acceptors (Lipinski definition) is 3. The van der Waals surface area contributed by atoms with E-state index in [1.54, 1.807) is 0 Å². The lowest BCUT2D eigenvalue weighted by molar-refractivity contribution is 0.150. The van der Waals surface area contributed by atoms with Crippen molar-refractivity contribution in [2.75, 3.05) is 38.7 Å². The van der Waals surface area contributed by atoms with E-state index >= 15 is 0 Å². The highest BCUT2D eigenvalue weighted by atomic mass is 32.2. The van der Waals surface area contributed by atoms with Gasteiger partial charge in [0.15, 0.2) is 5.96 Å². The van der Waals surface area contributed by atoms with Crippen molar-refractivity contribution in [3.8, 4) is 0 Å². The first kappa shape index (κ1) is 16.9. The first-order valence-corrected chi connectivity index (χ1v) is 9.93. The molecule has 1 heterocycles. The van der Waals surface area contributed by atoms with Crippen molar-refractivity contribution >= 4 is 17.7 Å². The number of hydrogen-bond donors (Lipinski definition) is 2. The van der Waals surface area contributed by atoms with Crippen molar-refractivity contribution in [1.29, 1.82) is 0 Å². The van der Waals surface area contributed by atoms with E-state index in [1.165, 1.54) is 63.8 Å². The van der Waals surface area contributed by atoms with Crippen molar-refractivity contribution in [2.45, 2.75) is 57.0 Å². The average Bonchev–Trinajstić information content (AvgIpc) is 3.05.